The Balaban J connectivity index is 0.00000144. The largest absolute Gasteiger partial charge is 0.378 e. The third-order valence-corrected chi connectivity index (χ3v) is 3.26. The number of aromatic nitrogens is 1. The van der Waals surface area contributed by atoms with E-state index in [1.54, 1.807) is 17.5 Å². The summed E-state index contributed by atoms with van der Waals surface area (Å²) in [6, 6.07) is -0.220. The number of rotatable bonds is 3. The van der Waals surface area contributed by atoms with Gasteiger partial charge >= 0.3 is 0 Å². The highest BCUT2D eigenvalue weighted by Crippen LogP contribution is 2.10. The van der Waals surface area contributed by atoms with E-state index in [1.165, 1.54) is 0 Å². The summed E-state index contributed by atoms with van der Waals surface area (Å²) in [5.74, 6) is -0.00856. The normalized spacial score (nSPS) is 18.4. The lowest BCUT2D eigenvalue weighted by Crippen LogP contribution is -2.50. The van der Waals surface area contributed by atoms with Gasteiger partial charge in [0.1, 0.15) is 6.04 Å². The van der Waals surface area contributed by atoms with E-state index >= 15 is 0 Å². The second-order valence-electron chi connectivity index (χ2n) is 3.65. The summed E-state index contributed by atoms with van der Waals surface area (Å²) in [6.45, 7) is 4.36. The zero-order valence-electron chi connectivity index (χ0n) is 9.97. The minimum atomic E-state index is -0.220. The van der Waals surface area contributed by atoms with Crippen LogP contribution in [0.2, 0.25) is 0 Å². The van der Waals surface area contributed by atoms with Gasteiger partial charge in [-0.05, 0) is 6.92 Å². The molecule has 8 heteroatoms. The minimum Gasteiger partial charge on any atom is -0.378 e. The van der Waals surface area contributed by atoms with Crippen LogP contribution in [-0.2, 0) is 16.1 Å². The molecule has 2 heterocycles. The smallest absolute Gasteiger partial charge is 0.239 e. The molecule has 0 aliphatic carbocycles. The summed E-state index contributed by atoms with van der Waals surface area (Å²) in [5.41, 5.74) is 0. The highest BCUT2D eigenvalue weighted by molar-refractivity contribution is 7.11. The van der Waals surface area contributed by atoms with Crippen molar-refractivity contribution in [1.29, 1.82) is 0 Å². The first kappa shape index (κ1) is 17.6. The molecule has 0 radical (unpaired) electrons. The molecule has 0 saturated carbocycles. The van der Waals surface area contributed by atoms with Gasteiger partial charge in [-0.1, -0.05) is 0 Å². The minimum absolute atomic E-state index is 0. The van der Waals surface area contributed by atoms with E-state index in [0.717, 1.165) is 16.4 Å². The maximum absolute atomic E-state index is 11.7. The van der Waals surface area contributed by atoms with E-state index in [4.69, 9.17) is 4.74 Å². The predicted octanol–water partition coefficient (Wildman–Crippen LogP) is 0.900. The second-order valence-corrected chi connectivity index (χ2v) is 4.96. The molecule has 1 unspecified atom stereocenters. The summed E-state index contributed by atoms with van der Waals surface area (Å²) in [5, 5.41) is 7.00. The number of ether oxygens (including phenoxy) is 1. The number of halogens is 2. The molecule has 18 heavy (non-hydrogen) atoms. The van der Waals surface area contributed by atoms with Gasteiger partial charge in [-0.15, -0.1) is 36.2 Å². The van der Waals surface area contributed by atoms with Gasteiger partial charge < -0.3 is 15.4 Å². The van der Waals surface area contributed by atoms with E-state index < -0.39 is 0 Å². The van der Waals surface area contributed by atoms with Crippen molar-refractivity contribution in [3.8, 4) is 0 Å². The van der Waals surface area contributed by atoms with Crippen LogP contribution in [0.5, 0.6) is 0 Å². The lowest BCUT2D eigenvalue weighted by Gasteiger charge is -2.22. The number of morpholine rings is 1. The van der Waals surface area contributed by atoms with Gasteiger partial charge in [-0.2, -0.15) is 0 Å². The molecule has 0 bridgehead atoms. The standard InChI is InChI=1S/C10H15N3O2S.2ClH/c1-7-12-4-8(16-7)5-13-10(14)9-6-15-3-2-11-9;;/h4,9,11H,2-3,5-6H2,1H3,(H,13,14);2*1H. The molecule has 0 aromatic carbocycles. The summed E-state index contributed by atoms with van der Waals surface area (Å²) in [6.07, 6.45) is 1.80. The van der Waals surface area contributed by atoms with Gasteiger partial charge in [-0.25, -0.2) is 4.98 Å². The van der Waals surface area contributed by atoms with Crippen LogP contribution in [0.15, 0.2) is 6.20 Å². The van der Waals surface area contributed by atoms with Crippen molar-refractivity contribution in [3.63, 3.8) is 0 Å². The fraction of sp³-hybridized carbons (Fsp3) is 0.600. The lowest BCUT2D eigenvalue weighted by atomic mass is 10.2. The summed E-state index contributed by atoms with van der Waals surface area (Å²) in [4.78, 5) is 16.9. The fourth-order valence-corrected chi connectivity index (χ4v) is 2.25. The van der Waals surface area contributed by atoms with Crippen LogP contribution in [0.3, 0.4) is 0 Å². The zero-order chi connectivity index (χ0) is 11.4. The molecule has 5 nitrogen and oxygen atoms in total. The van der Waals surface area contributed by atoms with Crippen molar-refractivity contribution in [1.82, 2.24) is 15.6 Å². The maximum atomic E-state index is 11.7. The van der Waals surface area contributed by atoms with Gasteiger partial charge in [-0.3, -0.25) is 4.79 Å². The van der Waals surface area contributed by atoms with Crippen molar-refractivity contribution in [2.45, 2.75) is 19.5 Å². The lowest BCUT2D eigenvalue weighted by molar-refractivity contribution is -0.126. The van der Waals surface area contributed by atoms with Gasteiger partial charge in [0.05, 0.1) is 24.8 Å². The third kappa shape index (κ3) is 5.07. The Morgan fingerprint density at radius 1 is 1.67 bits per heavy atom. The van der Waals surface area contributed by atoms with Crippen LogP contribution in [0.4, 0.5) is 0 Å². The molecule has 1 aromatic heterocycles. The molecule has 2 N–H and O–H groups in total. The number of carbonyl (C=O) groups is 1. The molecule has 104 valence electrons. The van der Waals surface area contributed by atoms with Crippen LogP contribution in [0.25, 0.3) is 0 Å². The monoisotopic (exact) mass is 313 g/mol. The molecule has 2 rings (SSSR count). The molecule has 1 saturated heterocycles. The van der Waals surface area contributed by atoms with E-state index in [9.17, 15) is 4.79 Å². The number of hydrogen-bond donors (Lipinski definition) is 2. The number of nitrogens with one attached hydrogen (secondary N) is 2. The number of nitrogens with zero attached hydrogens (tertiary/aromatic N) is 1. The average Bonchev–Trinajstić information content (AvgIpc) is 2.73. The Bertz CT molecular complexity index is 370. The summed E-state index contributed by atoms with van der Waals surface area (Å²) >= 11 is 1.60. The van der Waals surface area contributed by atoms with E-state index in [1.807, 2.05) is 6.92 Å². The molecule has 1 atom stereocenters. The van der Waals surface area contributed by atoms with Crippen molar-refractivity contribution < 1.29 is 9.53 Å². The first-order valence-electron chi connectivity index (χ1n) is 5.26. The molecule has 1 amide bonds. The van der Waals surface area contributed by atoms with Gasteiger partial charge in [0, 0.05) is 17.6 Å². The Morgan fingerprint density at radius 3 is 3.00 bits per heavy atom. The molecule has 0 spiro atoms. The SMILES string of the molecule is Cc1ncc(CNC(=O)C2COCCN2)s1.Cl.Cl. The number of aryl methyl sites for hydroxylation is 1. The fourth-order valence-electron chi connectivity index (χ4n) is 1.52. The molecular formula is C10H17Cl2N3O2S. The molecule has 1 aliphatic rings. The Hall–Kier alpha value is -0.400. The van der Waals surface area contributed by atoms with Gasteiger partial charge in [0.25, 0.3) is 0 Å². The van der Waals surface area contributed by atoms with Crippen molar-refractivity contribution in [3.05, 3.63) is 16.1 Å². The summed E-state index contributed by atoms with van der Waals surface area (Å²) in [7, 11) is 0. The van der Waals surface area contributed by atoms with Gasteiger partial charge in [0.15, 0.2) is 0 Å². The average molecular weight is 314 g/mol. The Labute approximate surface area is 123 Å². The quantitative estimate of drug-likeness (QED) is 0.870. The Morgan fingerprint density at radius 2 is 2.44 bits per heavy atom. The van der Waals surface area contributed by atoms with E-state index in [0.29, 0.717) is 19.8 Å². The summed E-state index contributed by atoms with van der Waals surface area (Å²) < 4.78 is 5.23. The predicted molar refractivity (Wildman–Crippen MR) is 75.8 cm³/mol. The highest BCUT2D eigenvalue weighted by Gasteiger charge is 2.20. The van der Waals surface area contributed by atoms with Crippen molar-refractivity contribution in [2.24, 2.45) is 0 Å². The number of thiazole rings is 1. The third-order valence-electron chi connectivity index (χ3n) is 2.34. The maximum Gasteiger partial charge on any atom is 0.239 e. The number of hydrogen-bond acceptors (Lipinski definition) is 5. The van der Waals surface area contributed by atoms with Crippen LogP contribution in [0.1, 0.15) is 9.88 Å². The topological polar surface area (TPSA) is 63.2 Å². The second kappa shape index (κ2) is 8.66. The van der Waals surface area contributed by atoms with E-state index in [-0.39, 0.29) is 36.8 Å². The first-order valence-corrected chi connectivity index (χ1v) is 6.07. The number of carbonyl (C=O) groups excluding carboxylic acids is 1. The zero-order valence-corrected chi connectivity index (χ0v) is 12.4. The highest BCUT2D eigenvalue weighted by atomic mass is 35.5. The molecule has 1 fully saturated rings. The van der Waals surface area contributed by atoms with Crippen LogP contribution in [-0.4, -0.2) is 36.7 Å². The molecule has 1 aromatic rings. The van der Waals surface area contributed by atoms with Crippen LogP contribution in [0, 0.1) is 6.92 Å². The molecule has 1 aliphatic heterocycles. The Kier molecular flexibility index (Phi) is 8.47. The van der Waals surface area contributed by atoms with Crippen molar-refractivity contribution in [2.75, 3.05) is 19.8 Å². The van der Waals surface area contributed by atoms with Gasteiger partial charge in [0.2, 0.25) is 5.91 Å². The van der Waals surface area contributed by atoms with E-state index in [2.05, 4.69) is 15.6 Å². The number of amides is 1. The first-order chi connectivity index (χ1) is 7.75. The van der Waals surface area contributed by atoms with Crippen LogP contribution < -0.4 is 10.6 Å². The van der Waals surface area contributed by atoms with Crippen LogP contribution >= 0.6 is 36.2 Å². The van der Waals surface area contributed by atoms with Crippen molar-refractivity contribution >= 4 is 42.1 Å². The molecular weight excluding hydrogens is 297 g/mol.